The number of hydrogen-bond donors (Lipinski definition) is 0. The Kier molecular flexibility index (Phi) is 4.23. The highest BCUT2D eigenvalue weighted by molar-refractivity contribution is 7.09. The molecule has 0 saturated carbocycles. The molecule has 1 heterocycles. The normalized spacial score (nSPS) is 11.6. The molecule has 2 rings (SSSR count). The van der Waals surface area contributed by atoms with E-state index < -0.39 is 11.7 Å². The van der Waals surface area contributed by atoms with E-state index in [1.807, 2.05) is 12.3 Å². The Morgan fingerprint density at radius 1 is 1.20 bits per heavy atom. The number of carbonyl (C=O) groups excluding carboxylic acids is 1. The van der Waals surface area contributed by atoms with Gasteiger partial charge >= 0.3 is 6.18 Å². The Morgan fingerprint density at radius 3 is 2.35 bits per heavy atom. The van der Waals surface area contributed by atoms with Gasteiger partial charge in [0.15, 0.2) is 0 Å². The topological polar surface area (TPSA) is 30.0 Å². The van der Waals surface area contributed by atoms with Crippen molar-refractivity contribution in [2.24, 2.45) is 0 Å². The van der Waals surface area contributed by atoms with Crippen molar-refractivity contribution in [2.45, 2.75) is 25.9 Å². The maximum Gasteiger partial charge on any atom is 0.416 e. The summed E-state index contributed by atoms with van der Waals surface area (Å²) < 4.78 is 37.2. The molecule has 20 heavy (non-hydrogen) atoms. The molecule has 0 amide bonds. The van der Waals surface area contributed by atoms with Crippen LogP contribution in [-0.4, -0.2) is 10.8 Å². The number of carbonyl (C=O) groups is 1. The molecule has 2 nitrogen and oxygen atoms in total. The van der Waals surface area contributed by atoms with Crippen molar-refractivity contribution in [1.29, 1.82) is 0 Å². The number of thiazole rings is 1. The lowest BCUT2D eigenvalue weighted by Gasteiger charge is -2.07. The minimum atomic E-state index is -4.35. The third-order valence-corrected chi connectivity index (χ3v) is 3.55. The number of hydrogen-bond acceptors (Lipinski definition) is 3. The van der Waals surface area contributed by atoms with Crippen LogP contribution in [0.2, 0.25) is 0 Å². The Balaban J connectivity index is 1.98. The SMILES string of the molecule is Cc1nc(CC(=O)Cc2ccc(C(F)(F)F)cc2)cs1. The molecule has 0 radical (unpaired) electrons. The van der Waals surface area contributed by atoms with Crippen LogP contribution >= 0.6 is 11.3 Å². The molecule has 0 unspecified atom stereocenters. The lowest BCUT2D eigenvalue weighted by atomic mass is 10.0. The van der Waals surface area contributed by atoms with Crippen molar-refractivity contribution in [3.05, 3.63) is 51.5 Å². The van der Waals surface area contributed by atoms with Crippen LogP contribution in [0.25, 0.3) is 0 Å². The largest absolute Gasteiger partial charge is 0.416 e. The number of ketones is 1. The minimum absolute atomic E-state index is 0.0601. The van der Waals surface area contributed by atoms with Crippen molar-refractivity contribution in [3.8, 4) is 0 Å². The van der Waals surface area contributed by atoms with E-state index in [4.69, 9.17) is 0 Å². The third kappa shape index (κ3) is 3.90. The predicted molar refractivity (Wildman–Crippen MR) is 70.7 cm³/mol. The molecule has 0 fully saturated rings. The summed E-state index contributed by atoms with van der Waals surface area (Å²) in [7, 11) is 0. The van der Waals surface area contributed by atoms with Crippen LogP contribution in [-0.2, 0) is 23.8 Å². The second kappa shape index (κ2) is 5.75. The fraction of sp³-hybridized carbons (Fsp3) is 0.286. The summed E-state index contributed by atoms with van der Waals surface area (Å²) in [6.45, 7) is 1.86. The zero-order chi connectivity index (χ0) is 14.8. The highest BCUT2D eigenvalue weighted by atomic mass is 32.1. The van der Waals surface area contributed by atoms with E-state index in [0.29, 0.717) is 11.3 Å². The monoisotopic (exact) mass is 299 g/mol. The quantitative estimate of drug-likeness (QED) is 0.859. The summed E-state index contributed by atoms with van der Waals surface area (Å²) in [6, 6.07) is 4.67. The van der Waals surface area contributed by atoms with Crippen LogP contribution < -0.4 is 0 Å². The standard InChI is InChI=1S/C14H12F3NOS/c1-9-18-12(8-20-9)7-13(19)6-10-2-4-11(5-3-10)14(15,16)17/h2-5,8H,6-7H2,1H3. The average Bonchev–Trinajstić information content (AvgIpc) is 2.74. The van der Waals surface area contributed by atoms with E-state index in [-0.39, 0.29) is 18.6 Å². The van der Waals surface area contributed by atoms with E-state index in [2.05, 4.69) is 4.98 Å². The van der Waals surface area contributed by atoms with E-state index in [0.717, 1.165) is 17.1 Å². The molecule has 0 saturated heterocycles. The van der Waals surface area contributed by atoms with Gasteiger partial charge in [-0.25, -0.2) is 4.98 Å². The van der Waals surface area contributed by atoms with Crippen LogP contribution in [0.3, 0.4) is 0 Å². The fourth-order valence-electron chi connectivity index (χ4n) is 1.79. The van der Waals surface area contributed by atoms with Gasteiger partial charge in [0, 0.05) is 18.2 Å². The number of halogens is 3. The van der Waals surface area contributed by atoms with Crippen molar-refractivity contribution in [2.75, 3.05) is 0 Å². The molecule has 0 aliphatic rings. The molecular weight excluding hydrogens is 287 g/mol. The van der Waals surface area contributed by atoms with E-state index in [9.17, 15) is 18.0 Å². The fourth-order valence-corrected chi connectivity index (χ4v) is 2.41. The lowest BCUT2D eigenvalue weighted by molar-refractivity contribution is -0.137. The smallest absolute Gasteiger partial charge is 0.299 e. The predicted octanol–water partition coefficient (Wildman–Crippen LogP) is 3.82. The van der Waals surface area contributed by atoms with Crippen molar-refractivity contribution < 1.29 is 18.0 Å². The average molecular weight is 299 g/mol. The summed E-state index contributed by atoms with van der Waals surface area (Å²) in [5.41, 5.74) is 0.586. The van der Waals surface area contributed by atoms with Crippen LogP contribution in [0.5, 0.6) is 0 Å². The summed E-state index contributed by atoms with van der Waals surface area (Å²) in [4.78, 5) is 16.0. The zero-order valence-corrected chi connectivity index (χ0v) is 11.5. The molecule has 0 atom stereocenters. The highest BCUT2D eigenvalue weighted by Gasteiger charge is 2.29. The number of alkyl halides is 3. The van der Waals surface area contributed by atoms with Crippen LogP contribution in [0.1, 0.15) is 21.8 Å². The molecule has 6 heteroatoms. The first-order valence-electron chi connectivity index (χ1n) is 5.93. The second-order valence-corrected chi connectivity index (χ2v) is 5.51. The van der Waals surface area contributed by atoms with Gasteiger partial charge in [0.25, 0.3) is 0 Å². The molecule has 106 valence electrons. The van der Waals surface area contributed by atoms with Gasteiger partial charge in [-0.05, 0) is 24.6 Å². The van der Waals surface area contributed by atoms with Gasteiger partial charge < -0.3 is 0 Å². The summed E-state index contributed by atoms with van der Waals surface area (Å²) >= 11 is 1.47. The lowest BCUT2D eigenvalue weighted by Crippen LogP contribution is -2.08. The second-order valence-electron chi connectivity index (χ2n) is 4.44. The molecule has 0 aliphatic carbocycles. The van der Waals surface area contributed by atoms with Gasteiger partial charge in [-0.3, -0.25) is 4.79 Å². The van der Waals surface area contributed by atoms with Gasteiger partial charge in [-0.15, -0.1) is 11.3 Å². The Labute approximate surface area is 118 Å². The number of aromatic nitrogens is 1. The maximum atomic E-state index is 12.4. The molecule has 1 aromatic heterocycles. The molecule has 2 aromatic rings. The summed E-state index contributed by atoms with van der Waals surface area (Å²) in [5.74, 6) is -0.0601. The maximum absolute atomic E-state index is 12.4. The van der Waals surface area contributed by atoms with Crippen molar-refractivity contribution >= 4 is 17.1 Å². The Morgan fingerprint density at radius 2 is 1.85 bits per heavy atom. The minimum Gasteiger partial charge on any atom is -0.299 e. The van der Waals surface area contributed by atoms with Gasteiger partial charge in [-0.1, -0.05) is 12.1 Å². The number of benzene rings is 1. The van der Waals surface area contributed by atoms with E-state index in [1.165, 1.54) is 23.5 Å². The summed E-state index contributed by atoms with van der Waals surface area (Å²) in [5, 5.41) is 2.71. The first-order chi connectivity index (χ1) is 9.34. The number of nitrogens with zero attached hydrogens (tertiary/aromatic N) is 1. The molecule has 1 aromatic carbocycles. The number of rotatable bonds is 4. The molecule has 0 bridgehead atoms. The zero-order valence-electron chi connectivity index (χ0n) is 10.7. The van der Waals surface area contributed by atoms with Gasteiger partial charge in [-0.2, -0.15) is 13.2 Å². The molecule has 0 N–H and O–H groups in total. The van der Waals surface area contributed by atoms with Crippen LogP contribution in [0.4, 0.5) is 13.2 Å². The Bertz CT molecular complexity index is 602. The molecule has 0 spiro atoms. The van der Waals surface area contributed by atoms with Crippen molar-refractivity contribution in [1.82, 2.24) is 4.98 Å². The van der Waals surface area contributed by atoms with Crippen LogP contribution in [0, 0.1) is 6.92 Å². The highest BCUT2D eigenvalue weighted by Crippen LogP contribution is 2.29. The van der Waals surface area contributed by atoms with E-state index >= 15 is 0 Å². The molecular formula is C14H12F3NOS. The van der Waals surface area contributed by atoms with Crippen LogP contribution in [0.15, 0.2) is 29.6 Å². The number of aryl methyl sites for hydroxylation is 1. The summed E-state index contributed by atoms with van der Waals surface area (Å²) in [6.07, 6.45) is -4.01. The van der Waals surface area contributed by atoms with Gasteiger partial charge in [0.2, 0.25) is 0 Å². The van der Waals surface area contributed by atoms with E-state index in [1.54, 1.807) is 0 Å². The van der Waals surface area contributed by atoms with Gasteiger partial charge in [0.1, 0.15) is 5.78 Å². The molecule has 0 aliphatic heterocycles. The first-order valence-corrected chi connectivity index (χ1v) is 6.81. The number of Topliss-reactive ketones (excluding diaryl/α,β-unsaturated/α-hetero) is 1. The first kappa shape index (κ1) is 14.7. The Hall–Kier alpha value is -1.69. The van der Waals surface area contributed by atoms with Crippen molar-refractivity contribution in [3.63, 3.8) is 0 Å². The van der Waals surface area contributed by atoms with Gasteiger partial charge in [0.05, 0.1) is 16.3 Å². The third-order valence-electron chi connectivity index (χ3n) is 2.73.